The summed E-state index contributed by atoms with van der Waals surface area (Å²) in [6, 6.07) is 4.62. The molecule has 0 radical (unpaired) electrons. The van der Waals surface area contributed by atoms with Crippen molar-refractivity contribution in [3.05, 3.63) is 39.2 Å². The second kappa shape index (κ2) is 5.92. The molecular formula is C20H25NO3. The highest BCUT2D eigenvalue weighted by molar-refractivity contribution is 5.86. The van der Waals surface area contributed by atoms with Gasteiger partial charge in [0.2, 0.25) is 0 Å². The molecule has 4 rings (SSSR count). The van der Waals surface area contributed by atoms with Crippen LogP contribution in [0.15, 0.2) is 21.3 Å². The highest BCUT2D eigenvalue weighted by atomic mass is 16.4. The van der Waals surface area contributed by atoms with E-state index >= 15 is 0 Å². The van der Waals surface area contributed by atoms with Gasteiger partial charge in [-0.2, -0.15) is 0 Å². The largest absolute Gasteiger partial charge is 0.507 e. The number of fused-ring (bicyclic) bond motifs is 3. The third-order valence-electron chi connectivity index (χ3n) is 5.94. The number of hydrogen-bond donors (Lipinski definition) is 1. The zero-order valence-corrected chi connectivity index (χ0v) is 14.5. The summed E-state index contributed by atoms with van der Waals surface area (Å²) in [7, 11) is 0. The van der Waals surface area contributed by atoms with Crippen molar-refractivity contribution in [2.75, 3.05) is 0 Å². The number of likely N-dealkylation sites (tertiary alicyclic amines) is 1. The molecule has 1 saturated heterocycles. The number of hydrogen-bond acceptors (Lipinski definition) is 4. The third kappa shape index (κ3) is 2.44. The van der Waals surface area contributed by atoms with E-state index < -0.39 is 0 Å². The third-order valence-corrected chi connectivity index (χ3v) is 5.94. The molecule has 1 aliphatic heterocycles. The standard InChI is InChI=1S/C20H25NO3/c1-12-5-3-6-13(2)21(12)11-17-18(22)10-9-15-14-7-4-8-16(14)20(23)24-19(15)17/h9-10,12-13,22H,3-8,11H2,1-2H3/t12-,13-/m0/s1. The van der Waals surface area contributed by atoms with Gasteiger partial charge in [0.25, 0.3) is 0 Å². The van der Waals surface area contributed by atoms with E-state index in [4.69, 9.17) is 4.42 Å². The Labute approximate surface area is 142 Å². The van der Waals surface area contributed by atoms with E-state index in [1.165, 1.54) is 19.3 Å². The number of aryl methyl sites for hydroxylation is 1. The Morgan fingerprint density at radius 2 is 1.83 bits per heavy atom. The summed E-state index contributed by atoms with van der Waals surface area (Å²) in [6.07, 6.45) is 6.35. The highest BCUT2D eigenvalue weighted by Crippen LogP contribution is 2.35. The Balaban J connectivity index is 1.84. The van der Waals surface area contributed by atoms with Crippen LogP contribution in [0.3, 0.4) is 0 Å². The maximum absolute atomic E-state index is 12.3. The van der Waals surface area contributed by atoms with E-state index in [0.717, 1.165) is 41.3 Å². The number of phenols is 1. The lowest BCUT2D eigenvalue weighted by molar-refractivity contribution is 0.0945. The van der Waals surface area contributed by atoms with E-state index in [9.17, 15) is 9.90 Å². The monoisotopic (exact) mass is 327 g/mol. The van der Waals surface area contributed by atoms with E-state index in [1.807, 2.05) is 6.07 Å². The SMILES string of the molecule is C[C@H]1CCC[C@H](C)N1Cc1c(O)ccc2c3c(c(=O)oc12)CCC3. The maximum atomic E-state index is 12.3. The first-order chi connectivity index (χ1) is 11.6. The molecule has 2 aromatic rings. The van der Waals surface area contributed by atoms with Gasteiger partial charge in [-0.15, -0.1) is 0 Å². The molecule has 2 heterocycles. The summed E-state index contributed by atoms with van der Waals surface area (Å²) in [6.45, 7) is 5.12. The first-order valence-electron chi connectivity index (χ1n) is 9.11. The van der Waals surface area contributed by atoms with Crippen molar-refractivity contribution in [3.63, 3.8) is 0 Å². The molecule has 128 valence electrons. The first kappa shape index (κ1) is 15.7. The molecule has 2 atom stereocenters. The smallest absolute Gasteiger partial charge is 0.339 e. The fourth-order valence-electron chi connectivity index (χ4n) is 4.51. The summed E-state index contributed by atoms with van der Waals surface area (Å²) >= 11 is 0. The number of piperidine rings is 1. The number of rotatable bonds is 2. The molecule has 1 aromatic heterocycles. The van der Waals surface area contributed by atoms with Crippen LogP contribution in [-0.4, -0.2) is 22.1 Å². The minimum Gasteiger partial charge on any atom is -0.507 e. The molecule has 24 heavy (non-hydrogen) atoms. The van der Waals surface area contributed by atoms with Crippen LogP contribution in [0.2, 0.25) is 0 Å². The van der Waals surface area contributed by atoms with Crippen LogP contribution in [0, 0.1) is 0 Å². The van der Waals surface area contributed by atoms with Gasteiger partial charge in [-0.3, -0.25) is 4.90 Å². The summed E-state index contributed by atoms with van der Waals surface area (Å²) in [5, 5.41) is 11.5. The number of benzene rings is 1. The van der Waals surface area contributed by atoms with Crippen LogP contribution in [-0.2, 0) is 19.4 Å². The average molecular weight is 327 g/mol. The summed E-state index contributed by atoms with van der Waals surface area (Å²) in [4.78, 5) is 14.8. The zero-order valence-electron chi connectivity index (χ0n) is 14.5. The topological polar surface area (TPSA) is 53.7 Å². The van der Waals surface area contributed by atoms with Crippen molar-refractivity contribution in [1.29, 1.82) is 0 Å². The van der Waals surface area contributed by atoms with E-state index in [0.29, 0.717) is 24.2 Å². The van der Waals surface area contributed by atoms with Crippen LogP contribution < -0.4 is 5.63 Å². The normalized spacial score (nSPS) is 24.4. The quantitative estimate of drug-likeness (QED) is 0.854. The molecule has 1 aliphatic carbocycles. The average Bonchev–Trinajstić information content (AvgIpc) is 3.03. The Morgan fingerprint density at radius 1 is 1.12 bits per heavy atom. The van der Waals surface area contributed by atoms with Gasteiger partial charge in [-0.25, -0.2) is 4.79 Å². The van der Waals surface area contributed by atoms with Crippen molar-refractivity contribution < 1.29 is 9.52 Å². The first-order valence-corrected chi connectivity index (χ1v) is 9.11. The molecule has 0 amide bonds. The van der Waals surface area contributed by atoms with Crippen molar-refractivity contribution in [2.45, 2.75) is 71.0 Å². The van der Waals surface area contributed by atoms with Crippen molar-refractivity contribution in [2.24, 2.45) is 0 Å². The van der Waals surface area contributed by atoms with Gasteiger partial charge in [0.15, 0.2) is 0 Å². The number of phenolic OH excluding ortho intramolecular Hbond substituents is 1. The van der Waals surface area contributed by atoms with Crippen LogP contribution in [0.1, 0.15) is 56.2 Å². The molecule has 4 heteroatoms. The molecule has 0 unspecified atom stereocenters. The van der Waals surface area contributed by atoms with Gasteiger partial charge in [-0.1, -0.05) is 6.42 Å². The fraction of sp³-hybridized carbons (Fsp3) is 0.550. The molecular weight excluding hydrogens is 302 g/mol. The van der Waals surface area contributed by atoms with Crippen molar-refractivity contribution in [1.82, 2.24) is 4.90 Å². The highest BCUT2D eigenvalue weighted by Gasteiger charge is 2.28. The zero-order chi connectivity index (χ0) is 16.8. The van der Waals surface area contributed by atoms with Gasteiger partial charge in [0.05, 0.1) is 5.56 Å². The lowest BCUT2D eigenvalue weighted by Crippen LogP contribution is -2.43. The lowest BCUT2D eigenvalue weighted by atomic mass is 9.95. The Kier molecular flexibility index (Phi) is 3.87. The Bertz CT molecular complexity index is 829. The minimum absolute atomic E-state index is 0.221. The van der Waals surface area contributed by atoms with Crippen molar-refractivity contribution >= 4 is 11.0 Å². The molecule has 1 N–H and O–H groups in total. The second-order valence-corrected chi connectivity index (χ2v) is 7.44. The van der Waals surface area contributed by atoms with Crippen LogP contribution in [0.25, 0.3) is 11.0 Å². The lowest BCUT2D eigenvalue weighted by Gasteiger charge is -2.39. The number of nitrogens with zero attached hydrogens (tertiary/aromatic N) is 1. The van der Waals surface area contributed by atoms with Crippen molar-refractivity contribution in [3.8, 4) is 5.75 Å². The Hall–Kier alpha value is -1.81. The number of aromatic hydroxyl groups is 1. The van der Waals surface area contributed by atoms with Gasteiger partial charge in [-0.05, 0) is 63.6 Å². The molecule has 1 fully saturated rings. The second-order valence-electron chi connectivity index (χ2n) is 7.44. The molecule has 1 aromatic carbocycles. The van der Waals surface area contributed by atoms with E-state index in [1.54, 1.807) is 6.07 Å². The fourth-order valence-corrected chi connectivity index (χ4v) is 4.51. The van der Waals surface area contributed by atoms with Crippen LogP contribution in [0.4, 0.5) is 0 Å². The van der Waals surface area contributed by atoms with E-state index in [2.05, 4.69) is 18.7 Å². The predicted molar refractivity (Wildman–Crippen MR) is 94.5 cm³/mol. The summed E-state index contributed by atoms with van der Waals surface area (Å²) in [5.74, 6) is 0.230. The van der Waals surface area contributed by atoms with Crippen LogP contribution in [0.5, 0.6) is 5.75 Å². The van der Waals surface area contributed by atoms with Gasteiger partial charge in [0, 0.05) is 29.6 Å². The predicted octanol–water partition coefficient (Wildman–Crippen LogP) is 3.75. The molecule has 0 spiro atoms. The van der Waals surface area contributed by atoms with E-state index in [-0.39, 0.29) is 11.4 Å². The molecule has 0 bridgehead atoms. The summed E-state index contributed by atoms with van der Waals surface area (Å²) < 4.78 is 5.69. The Morgan fingerprint density at radius 3 is 2.58 bits per heavy atom. The van der Waals surface area contributed by atoms with Crippen LogP contribution >= 0.6 is 0 Å². The molecule has 4 nitrogen and oxygen atoms in total. The van der Waals surface area contributed by atoms with Gasteiger partial charge >= 0.3 is 5.63 Å². The minimum atomic E-state index is -0.221. The molecule has 0 saturated carbocycles. The summed E-state index contributed by atoms with van der Waals surface area (Å²) in [5.41, 5.74) is 3.09. The van der Waals surface area contributed by atoms with Gasteiger partial charge < -0.3 is 9.52 Å². The maximum Gasteiger partial charge on any atom is 0.339 e. The van der Waals surface area contributed by atoms with Gasteiger partial charge in [0.1, 0.15) is 11.3 Å². The molecule has 2 aliphatic rings.